The number of aliphatic hydroxyl groups is 1. The van der Waals surface area contributed by atoms with E-state index in [-0.39, 0.29) is 11.8 Å². The van der Waals surface area contributed by atoms with Crippen molar-refractivity contribution in [2.75, 3.05) is 56.2 Å². The van der Waals surface area contributed by atoms with Gasteiger partial charge in [-0.25, -0.2) is 0 Å². The second-order valence-electron chi connectivity index (χ2n) is 9.14. The van der Waals surface area contributed by atoms with Crippen LogP contribution in [0.5, 0.6) is 5.75 Å². The molecule has 4 rings (SSSR count). The minimum Gasteiger partial charge on any atom is -0.497 e. The topological polar surface area (TPSA) is 56.2 Å². The van der Waals surface area contributed by atoms with Crippen LogP contribution in [0.2, 0.25) is 0 Å². The van der Waals surface area contributed by atoms with Gasteiger partial charge < -0.3 is 19.6 Å². The molecule has 2 aromatic carbocycles. The summed E-state index contributed by atoms with van der Waals surface area (Å²) >= 11 is 0. The summed E-state index contributed by atoms with van der Waals surface area (Å²) in [6.07, 6.45) is 1.40. The van der Waals surface area contributed by atoms with E-state index in [0.717, 1.165) is 62.6 Å². The predicted octanol–water partition coefficient (Wildman–Crippen LogP) is 3.49. The van der Waals surface area contributed by atoms with Crippen LogP contribution in [0.15, 0.2) is 42.5 Å². The molecule has 0 aliphatic carbocycles. The molecular weight excluding hydrogens is 402 g/mol. The smallest absolute Gasteiger partial charge is 0.229 e. The highest BCUT2D eigenvalue weighted by molar-refractivity contribution is 5.95. The molecule has 2 heterocycles. The quantitative estimate of drug-likeness (QED) is 0.750. The van der Waals surface area contributed by atoms with E-state index in [1.807, 2.05) is 43.0 Å². The second-order valence-corrected chi connectivity index (χ2v) is 9.14. The summed E-state index contributed by atoms with van der Waals surface area (Å²) in [5.41, 5.74) is 4.31. The molecule has 1 atom stereocenters. The van der Waals surface area contributed by atoms with Gasteiger partial charge in [-0.1, -0.05) is 32.0 Å². The zero-order valence-electron chi connectivity index (χ0n) is 19.5. The first-order chi connectivity index (χ1) is 15.5. The first-order valence-electron chi connectivity index (χ1n) is 11.7. The Kier molecular flexibility index (Phi) is 7.01. The summed E-state index contributed by atoms with van der Waals surface area (Å²) in [7, 11) is 1.69. The van der Waals surface area contributed by atoms with Crippen LogP contribution in [0.4, 0.5) is 11.4 Å². The number of hydrogen-bond donors (Lipinski definition) is 1. The predicted molar refractivity (Wildman–Crippen MR) is 129 cm³/mol. The third-order valence-corrected chi connectivity index (χ3v) is 6.59. The molecule has 0 unspecified atom stereocenters. The van der Waals surface area contributed by atoms with Gasteiger partial charge in [0.2, 0.25) is 5.91 Å². The van der Waals surface area contributed by atoms with E-state index in [4.69, 9.17) is 4.74 Å². The zero-order valence-corrected chi connectivity index (χ0v) is 19.5. The van der Waals surface area contributed by atoms with Crippen molar-refractivity contribution in [3.8, 4) is 5.75 Å². The van der Waals surface area contributed by atoms with E-state index >= 15 is 0 Å². The molecule has 6 nitrogen and oxygen atoms in total. The number of fused-ring (bicyclic) bond motifs is 1. The molecule has 32 heavy (non-hydrogen) atoms. The summed E-state index contributed by atoms with van der Waals surface area (Å²) in [6.45, 7) is 8.98. The second kappa shape index (κ2) is 9.92. The summed E-state index contributed by atoms with van der Waals surface area (Å²) in [5, 5.41) is 10.9. The number of aliphatic hydroxyl groups excluding tert-OH is 1. The molecule has 1 saturated heterocycles. The Morgan fingerprint density at radius 1 is 1.06 bits per heavy atom. The average Bonchev–Trinajstić information content (AvgIpc) is 2.83. The Morgan fingerprint density at radius 3 is 2.56 bits per heavy atom. The van der Waals surface area contributed by atoms with Gasteiger partial charge in [-0.3, -0.25) is 9.69 Å². The first kappa shape index (κ1) is 22.6. The molecule has 2 aromatic rings. The first-order valence-corrected chi connectivity index (χ1v) is 11.7. The number of piperazine rings is 1. The summed E-state index contributed by atoms with van der Waals surface area (Å²) in [4.78, 5) is 19.2. The number of benzene rings is 2. The zero-order chi connectivity index (χ0) is 22.7. The van der Waals surface area contributed by atoms with Crippen LogP contribution in [-0.4, -0.2) is 62.3 Å². The number of rotatable bonds is 6. The van der Waals surface area contributed by atoms with Crippen molar-refractivity contribution in [1.82, 2.24) is 4.90 Å². The molecule has 1 amide bonds. The normalized spacial score (nSPS) is 17.9. The summed E-state index contributed by atoms with van der Waals surface area (Å²) in [5.74, 6) is 1.04. The van der Waals surface area contributed by atoms with Crippen molar-refractivity contribution < 1.29 is 14.6 Å². The van der Waals surface area contributed by atoms with E-state index < -0.39 is 6.10 Å². The van der Waals surface area contributed by atoms with Crippen molar-refractivity contribution in [2.24, 2.45) is 5.92 Å². The number of carbonyl (C=O) groups excluding carboxylic acids is 1. The van der Waals surface area contributed by atoms with E-state index in [2.05, 4.69) is 28.0 Å². The fraction of sp³-hybridized carbons (Fsp3) is 0.500. The maximum absolute atomic E-state index is 12.6. The van der Waals surface area contributed by atoms with Gasteiger partial charge in [-0.2, -0.15) is 0 Å². The lowest BCUT2D eigenvalue weighted by atomic mass is 9.96. The fourth-order valence-corrected chi connectivity index (χ4v) is 4.71. The minimum atomic E-state index is -0.528. The summed E-state index contributed by atoms with van der Waals surface area (Å²) < 4.78 is 5.35. The number of amides is 1. The SMILES string of the molecule is COc1cccc(N2CCN(C[C@H](O)c3ccc4c(c3)CCCN4C(=O)C(C)C)CC2)c1. The molecule has 1 N–H and O–H groups in total. The van der Waals surface area contributed by atoms with E-state index in [0.29, 0.717) is 6.54 Å². The maximum Gasteiger partial charge on any atom is 0.229 e. The van der Waals surface area contributed by atoms with Crippen LogP contribution < -0.4 is 14.5 Å². The number of ether oxygens (including phenoxy) is 1. The van der Waals surface area contributed by atoms with E-state index in [1.54, 1.807) is 7.11 Å². The van der Waals surface area contributed by atoms with Crippen LogP contribution >= 0.6 is 0 Å². The highest BCUT2D eigenvalue weighted by Crippen LogP contribution is 2.31. The van der Waals surface area contributed by atoms with Gasteiger partial charge in [0.25, 0.3) is 0 Å². The Balaban J connectivity index is 1.36. The Hall–Kier alpha value is -2.57. The molecular formula is C26H35N3O3. The molecule has 0 bridgehead atoms. The minimum absolute atomic E-state index is 0.0122. The fourth-order valence-electron chi connectivity index (χ4n) is 4.71. The van der Waals surface area contributed by atoms with Gasteiger partial charge in [0, 0.05) is 62.6 Å². The van der Waals surface area contributed by atoms with Crippen LogP contribution in [-0.2, 0) is 11.2 Å². The number of methoxy groups -OCH3 is 1. The van der Waals surface area contributed by atoms with Crippen LogP contribution in [0.25, 0.3) is 0 Å². The molecule has 2 aliphatic rings. The van der Waals surface area contributed by atoms with Gasteiger partial charge in [0.15, 0.2) is 0 Å². The molecule has 0 radical (unpaired) electrons. The number of hydrogen-bond acceptors (Lipinski definition) is 5. The van der Waals surface area contributed by atoms with Crippen molar-refractivity contribution in [3.05, 3.63) is 53.6 Å². The Labute approximate surface area is 191 Å². The molecule has 172 valence electrons. The lowest BCUT2D eigenvalue weighted by Gasteiger charge is -2.37. The molecule has 6 heteroatoms. The van der Waals surface area contributed by atoms with Crippen molar-refractivity contribution in [2.45, 2.75) is 32.8 Å². The van der Waals surface area contributed by atoms with Gasteiger partial charge >= 0.3 is 0 Å². The third-order valence-electron chi connectivity index (χ3n) is 6.59. The van der Waals surface area contributed by atoms with Crippen LogP contribution in [0, 0.1) is 5.92 Å². The van der Waals surface area contributed by atoms with Crippen molar-refractivity contribution in [3.63, 3.8) is 0 Å². The molecule has 0 saturated carbocycles. The molecule has 2 aliphatic heterocycles. The lowest BCUT2D eigenvalue weighted by Crippen LogP contribution is -2.47. The van der Waals surface area contributed by atoms with Crippen molar-refractivity contribution in [1.29, 1.82) is 0 Å². The highest BCUT2D eigenvalue weighted by atomic mass is 16.5. The van der Waals surface area contributed by atoms with Gasteiger partial charge in [-0.15, -0.1) is 0 Å². The monoisotopic (exact) mass is 437 g/mol. The maximum atomic E-state index is 12.6. The highest BCUT2D eigenvalue weighted by Gasteiger charge is 2.26. The number of aryl methyl sites for hydroxylation is 1. The van der Waals surface area contributed by atoms with Crippen molar-refractivity contribution >= 4 is 17.3 Å². The largest absolute Gasteiger partial charge is 0.497 e. The lowest BCUT2D eigenvalue weighted by molar-refractivity contribution is -0.121. The average molecular weight is 438 g/mol. The Morgan fingerprint density at radius 2 is 1.84 bits per heavy atom. The molecule has 0 aromatic heterocycles. The van der Waals surface area contributed by atoms with Gasteiger partial charge in [0.1, 0.15) is 5.75 Å². The van der Waals surface area contributed by atoms with Gasteiger partial charge in [-0.05, 0) is 42.2 Å². The summed E-state index contributed by atoms with van der Waals surface area (Å²) in [6, 6.07) is 14.3. The van der Waals surface area contributed by atoms with Crippen LogP contribution in [0.3, 0.4) is 0 Å². The van der Waals surface area contributed by atoms with Crippen LogP contribution in [0.1, 0.15) is 37.5 Å². The standard InChI is InChI=1S/C26H35N3O3/c1-19(2)26(31)29-11-5-6-20-16-21(9-10-24(20)29)25(30)18-27-12-14-28(15-13-27)22-7-4-8-23(17-22)32-3/h4,7-10,16-17,19,25,30H,5-6,11-15,18H2,1-3H3/t25-/m0/s1. The number of β-amino-alcohol motifs (C(OH)–C–C–N with tert-alkyl or cyclic N) is 1. The number of anilines is 2. The third kappa shape index (κ3) is 4.92. The number of carbonyl (C=O) groups is 1. The molecule has 1 fully saturated rings. The van der Waals surface area contributed by atoms with E-state index in [1.165, 1.54) is 11.3 Å². The number of nitrogens with zero attached hydrogens (tertiary/aromatic N) is 3. The van der Waals surface area contributed by atoms with Gasteiger partial charge in [0.05, 0.1) is 13.2 Å². The Bertz CT molecular complexity index is 938. The molecule has 0 spiro atoms. The van der Waals surface area contributed by atoms with E-state index in [9.17, 15) is 9.90 Å².